The largest absolute Gasteiger partial charge is 0.375 e. The molecule has 1 saturated carbocycles. The van der Waals surface area contributed by atoms with E-state index >= 15 is 0 Å². The standard InChI is InChI=1S/C32H54N6O/c1-5-9-27(39-19-16-34-2)21-36-31-23-38(26-14-17-37(4)18-15-26)22-29(31)32(35-3)28-20-25(12-13-30(28)33)24-10-7-6-8-11-24/h12-13,20,24,26-28,30,34H,3,5-11,14-19,21-23,33H2,1-2,4H3/b32-29-,36-31?. The van der Waals surface area contributed by atoms with Crippen molar-refractivity contribution in [3.63, 3.8) is 0 Å². The number of likely N-dealkylation sites (tertiary alicyclic amines) is 2. The summed E-state index contributed by atoms with van der Waals surface area (Å²) < 4.78 is 6.20. The summed E-state index contributed by atoms with van der Waals surface area (Å²) in [6.07, 6.45) is 18.2. The van der Waals surface area contributed by atoms with E-state index in [2.05, 4.69) is 54.0 Å². The molecule has 3 unspecified atom stereocenters. The molecule has 4 rings (SSSR count). The maximum absolute atomic E-state index is 6.74. The van der Waals surface area contributed by atoms with E-state index in [0.29, 0.717) is 25.1 Å². The number of piperidine rings is 1. The molecule has 3 fully saturated rings. The third-order valence-electron chi connectivity index (χ3n) is 9.24. The highest BCUT2D eigenvalue weighted by atomic mass is 16.5. The SMILES string of the molecule is C=N/C(=C1/CN(C2CCN(C)CC2)CC1=NCC(CCC)OCCNC)C1C=C(C2CCCCC2)C=CC1N. The van der Waals surface area contributed by atoms with Gasteiger partial charge in [-0.05, 0) is 77.5 Å². The van der Waals surface area contributed by atoms with Gasteiger partial charge in [0.2, 0.25) is 0 Å². The van der Waals surface area contributed by atoms with Gasteiger partial charge in [-0.15, -0.1) is 0 Å². The van der Waals surface area contributed by atoms with Crippen molar-refractivity contribution in [1.29, 1.82) is 0 Å². The van der Waals surface area contributed by atoms with Crippen molar-refractivity contribution < 1.29 is 4.74 Å². The van der Waals surface area contributed by atoms with Gasteiger partial charge >= 0.3 is 0 Å². The molecule has 7 nitrogen and oxygen atoms in total. The number of nitrogens with one attached hydrogen (secondary N) is 1. The van der Waals surface area contributed by atoms with Crippen molar-refractivity contribution >= 4 is 12.4 Å². The van der Waals surface area contributed by atoms with Gasteiger partial charge in [0.05, 0.1) is 30.7 Å². The van der Waals surface area contributed by atoms with Gasteiger partial charge in [-0.3, -0.25) is 14.9 Å². The molecular weight excluding hydrogens is 484 g/mol. The molecule has 2 aliphatic carbocycles. The van der Waals surface area contributed by atoms with Crippen LogP contribution in [0.4, 0.5) is 0 Å². The molecule has 7 heteroatoms. The highest BCUT2D eigenvalue weighted by Gasteiger charge is 2.35. The highest BCUT2D eigenvalue weighted by Crippen LogP contribution is 2.37. The Bertz CT molecular complexity index is 910. The first-order valence-corrected chi connectivity index (χ1v) is 15.6. The first kappa shape index (κ1) is 30.3. The molecule has 2 heterocycles. The van der Waals surface area contributed by atoms with Crippen LogP contribution in [0.1, 0.15) is 64.7 Å². The van der Waals surface area contributed by atoms with Gasteiger partial charge in [0.15, 0.2) is 0 Å². The summed E-state index contributed by atoms with van der Waals surface area (Å²) in [5.74, 6) is 0.707. The van der Waals surface area contributed by atoms with Crippen molar-refractivity contribution in [1.82, 2.24) is 15.1 Å². The van der Waals surface area contributed by atoms with Crippen LogP contribution < -0.4 is 11.1 Å². The monoisotopic (exact) mass is 538 g/mol. The zero-order chi connectivity index (χ0) is 27.6. The van der Waals surface area contributed by atoms with Gasteiger partial charge in [-0.1, -0.05) is 50.8 Å². The topological polar surface area (TPSA) is 78.5 Å². The van der Waals surface area contributed by atoms with E-state index in [1.807, 2.05) is 7.05 Å². The molecule has 0 spiro atoms. The van der Waals surface area contributed by atoms with Gasteiger partial charge < -0.3 is 20.7 Å². The second-order valence-corrected chi connectivity index (χ2v) is 12.1. The molecule has 4 aliphatic rings. The van der Waals surface area contributed by atoms with E-state index in [1.165, 1.54) is 61.8 Å². The van der Waals surface area contributed by atoms with Crippen LogP contribution in [0.2, 0.25) is 0 Å². The maximum Gasteiger partial charge on any atom is 0.0770 e. The second-order valence-electron chi connectivity index (χ2n) is 12.1. The predicted molar refractivity (Wildman–Crippen MR) is 165 cm³/mol. The van der Waals surface area contributed by atoms with E-state index in [1.54, 1.807) is 0 Å². The van der Waals surface area contributed by atoms with Crippen LogP contribution in [0.25, 0.3) is 0 Å². The smallest absolute Gasteiger partial charge is 0.0770 e. The number of hydrogen-bond donors (Lipinski definition) is 2. The van der Waals surface area contributed by atoms with Crippen molar-refractivity contribution in [3.05, 3.63) is 35.1 Å². The molecular formula is C32H54N6O. The Morgan fingerprint density at radius 1 is 1.18 bits per heavy atom. The molecule has 2 saturated heterocycles. The first-order chi connectivity index (χ1) is 19.0. The fourth-order valence-electron chi connectivity index (χ4n) is 6.81. The number of likely N-dealkylation sites (N-methyl/N-ethyl adjacent to an activating group) is 1. The minimum atomic E-state index is -0.0818. The van der Waals surface area contributed by atoms with E-state index < -0.39 is 0 Å². The van der Waals surface area contributed by atoms with Crippen LogP contribution in [0.15, 0.2) is 45.1 Å². The second kappa shape index (κ2) is 15.4. The number of hydrogen-bond acceptors (Lipinski definition) is 7. The van der Waals surface area contributed by atoms with Crippen LogP contribution in [0.3, 0.4) is 0 Å². The summed E-state index contributed by atoms with van der Waals surface area (Å²) in [6.45, 7) is 12.7. The highest BCUT2D eigenvalue weighted by molar-refractivity contribution is 6.05. The van der Waals surface area contributed by atoms with E-state index in [0.717, 1.165) is 51.3 Å². The number of rotatable bonds is 12. The van der Waals surface area contributed by atoms with Gasteiger partial charge in [0.25, 0.3) is 0 Å². The van der Waals surface area contributed by atoms with Crippen LogP contribution in [-0.4, -0.2) is 100 Å². The summed E-state index contributed by atoms with van der Waals surface area (Å²) >= 11 is 0. The van der Waals surface area contributed by atoms with Crippen molar-refractivity contribution in [2.75, 3.05) is 60.0 Å². The minimum absolute atomic E-state index is 0.0559. The van der Waals surface area contributed by atoms with Gasteiger partial charge in [-0.2, -0.15) is 0 Å². The number of nitrogens with zero attached hydrogens (tertiary/aromatic N) is 4. The molecule has 0 aromatic rings. The third kappa shape index (κ3) is 8.20. The number of aliphatic imine (C=N–C) groups is 2. The Morgan fingerprint density at radius 3 is 2.64 bits per heavy atom. The van der Waals surface area contributed by atoms with Crippen molar-refractivity contribution in [2.45, 2.75) is 82.9 Å². The first-order valence-electron chi connectivity index (χ1n) is 15.6. The fraction of sp³-hybridized carbons (Fsp3) is 0.750. The molecule has 0 bridgehead atoms. The third-order valence-corrected chi connectivity index (χ3v) is 9.24. The zero-order valence-electron chi connectivity index (χ0n) is 24.9. The summed E-state index contributed by atoms with van der Waals surface area (Å²) in [4.78, 5) is 15.0. The van der Waals surface area contributed by atoms with E-state index in [-0.39, 0.29) is 18.1 Å². The van der Waals surface area contributed by atoms with E-state index in [9.17, 15) is 0 Å². The quantitative estimate of drug-likeness (QED) is 0.287. The van der Waals surface area contributed by atoms with Crippen LogP contribution >= 0.6 is 0 Å². The fourth-order valence-corrected chi connectivity index (χ4v) is 6.81. The van der Waals surface area contributed by atoms with Crippen molar-refractivity contribution in [2.24, 2.45) is 27.6 Å². The summed E-state index contributed by atoms with van der Waals surface area (Å²) in [5, 5.41) is 3.18. The predicted octanol–water partition coefficient (Wildman–Crippen LogP) is 4.22. The Hall–Kier alpha value is -1.64. The zero-order valence-corrected chi connectivity index (χ0v) is 24.9. The molecule has 0 amide bonds. The average Bonchev–Trinajstić information content (AvgIpc) is 3.38. The molecule has 218 valence electrons. The molecule has 0 aromatic heterocycles. The normalized spacial score (nSPS) is 29.1. The van der Waals surface area contributed by atoms with Gasteiger partial charge in [-0.25, -0.2) is 0 Å². The average molecular weight is 539 g/mol. The van der Waals surface area contributed by atoms with Crippen LogP contribution in [-0.2, 0) is 4.74 Å². The van der Waals surface area contributed by atoms with Gasteiger partial charge in [0.1, 0.15) is 0 Å². The lowest BCUT2D eigenvalue weighted by Crippen LogP contribution is -2.42. The molecule has 2 aliphatic heterocycles. The van der Waals surface area contributed by atoms with Crippen LogP contribution in [0, 0.1) is 11.8 Å². The minimum Gasteiger partial charge on any atom is -0.375 e. The lowest BCUT2D eigenvalue weighted by atomic mass is 9.78. The number of nitrogens with two attached hydrogens (primary N) is 1. The lowest BCUT2D eigenvalue weighted by molar-refractivity contribution is 0.0560. The summed E-state index contributed by atoms with van der Waals surface area (Å²) in [7, 11) is 4.20. The Kier molecular flexibility index (Phi) is 12.0. The Labute approximate surface area is 237 Å². The van der Waals surface area contributed by atoms with Crippen LogP contribution in [0.5, 0.6) is 0 Å². The molecule has 0 aromatic carbocycles. The maximum atomic E-state index is 6.74. The summed E-state index contributed by atoms with van der Waals surface area (Å²) in [6, 6.07) is 0.503. The summed E-state index contributed by atoms with van der Waals surface area (Å²) in [5.41, 5.74) is 11.7. The molecule has 3 atom stereocenters. The molecule has 0 radical (unpaired) electrons. The number of allylic oxidation sites excluding steroid dienone is 2. The molecule has 39 heavy (non-hydrogen) atoms. The number of ether oxygens (including phenoxy) is 1. The Balaban J connectivity index is 1.62. The molecule has 3 N–H and O–H groups in total. The Morgan fingerprint density at radius 2 is 1.95 bits per heavy atom. The lowest BCUT2D eigenvalue weighted by Gasteiger charge is -2.34. The van der Waals surface area contributed by atoms with Crippen molar-refractivity contribution in [3.8, 4) is 0 Å². The van der Waals surface area contributed by atoms with Gasteiger partial charge in [0, 0.05) is 43.2 Å². The van der Waals surface area contributed by atoms with E-state index in [4.69, 9.17) is 20.5 Å².